The summed E-state index contributed by atoms with van der Waals surface area (Å²) >= 11 is 0. The molecule has 1 N–H and O–H groups in total. The van der Waals surface area contributed by atoms with Gasteiger partial charge in [0, 0.05) is 24.9 Å². The van der Waals surface area contributed by atoms with Gasteiger partial charge in [0.25, 0.3) is 0 Å². The minimum Gasteiger partial charge on any atom is -0.482 e. The summed E-state index contributed by atoms with van der Waals surface area (Å²) in [7, 11) is 0. The highest BCUT2D eigenvalue weighted by Gasteiger charge is 2.29. The third-order valence-corrected chi connectivity index (χ3v) is 3.25. The van der Waals surface area contributed by atoms with Crippen LogP contribution in [0.5, 0.6) is 5.75 Å². The lowest BCUT2D eigenvalue weighted by Crippen LogP contribution is -2.35. The van der Waals surface area contributed by atoms with Crippen molar-refractivity contribution in [2.75, 3.05) is 19.8 Å². The number of pyridine rings is 1. The molecule has 1 aliphatic rings. The van der Waals surface area contributed by atoms with Crippen LogP contribution in [0.2, 0.25) is 0 Å². The van der Waals surface area contributed by atoms with Crippen LogP contribution in [0.1, 0.15) is 18.4 Å². The molecule has 8 heteroatoms. The largest absolute Gasteiger partial charge is 0.482 e. The average molecular weight is 318 g/mol. The van der Waals surface area contributed by atoms with E-state index in [-0.39, 0.29) is 24.1 Å². The van der Waals surface area contributed by atoms with Crippen LogP contribution in [0.25, 0.3) is 0 Å². The molecule has 122 valence electrons. The molecule has 1 amide bonds. The predicted molar refractivity (Wildman–Crippen MR) is 71.2 cm³/mol. The van der Waals surface area contributed by atoms with Crippen molar-refractivity contribution in [3.63, 3.8) is 0 Å². The van der Waals surface area contributed by atoms with Crippen molar-refractivity contribution >= 4 is 5.91 Å². The minimum absolute atomic E-state index is 0.0139. The Kier molecular flexibility index (Phi) is 5.59. The lowest BCUT2D eigenvalue weighted by Gasteiger charge is -2.21. The molecule has 5 nitrogen and oxygen atoms in total. The summed E-state index contributed by atoms with van der Waals surface area (Å²) < 4.78 is 46.6. The second-order valence-electron chi connectivity index (χ2n) is 5.02. The number of nitrogens with one attached hydrogen (secondary N) is 1. The number of hydrogen-bond donors (Lipinski definition) is 1. The number of halogens is 3. The van der Waals surface area contributed by atoms with Crippen LogP contribution in [-0.4, -0.2) is 36.9 Å². The van der Waals surface area contributed by atoms with Gasteiger partial charge in [-0.15, -0.1) is 0 Å². The highest BCUT2D eigenvalue weighted by Crippen LogP contribution is 2.21. The number of carbonyl (C=O) groups is 1. The van der Waals surface area contributed by atoms with Crippen molar-refractivity contribution in [3.8, 4) is 5.75 Å². The van der Waals surface area contributed by atoms with Crippen LogP contribution in [0.4, 0.5) is 13.2 Å². The number of aromatic nitrogens is 1. The maximum Gasteiger partial charge on any atom is 0.422 e. The lowest BCUT2D eigenvalue weighted by molar-refractivity contribution is -0.153. The van der Waals surface area contributed by atoms with Gasteiger partial charge >= 0.3 is 6.18 Å². The molecule has 0 radical (unpaired) electrons. The van der Waals surface area contributed by atoms with Crippen LogP contribution in [-0.2, 0) is 16.1 Å². The summed E-state index contributed by atoms with van der Waals surface area (Å²) in [5.41, 5.74) is 0.448. The Bertz CT molecular complexity index is 502. The van der Waals surface area contributed by atoms with Gasteiger partial charge < -0.3 is 14.8 Å². The summed E-state index contributed by atoms with van der Waals surface area (Å²) in [5, 5.41) is 2.70. The molecule has 0 saturated carbocycles. The maximum atomic E-state index is 12.2. The maximum absolute atomic E-state index is 12.2. The van der Waals surface area contributed by atoms with Crippen molar-refractivity contribution in [3.05, 3.63) is 24.0 Å². The first kappa shape index (κ1) is 16.5. The molecule has 0 aromatic carbocycles. The van der Waals surface area contributed by atoms with Gasteiger partial charge in [-0.1, -0.05) is 0 Å². The first-order valence-corrected chi connectivity index (χ1v) is 6.93. The van der Waals surface area contributed by atoms with E-state index in [4.69, 9.17) is 9.47 Å². The summed E-state index contributed by atoms with van der Waals surface area (Å²) in [6.07, 6.45) is -0.203. The second kappa shape index (κ2) is 7.44. The van der Waals surface area contributed by atoms with Gasteiger partial charge in [-0.25, -0.2) is 0 Å². The molecule has 0 bridgehead atoms. The van der Waals surface area contributed by atoms with Crippen LogP contribution in [0.3, 0.4) is 0 Å². The fourth-order valence-corrected chi connectivity index (χ4v) is 2.12. The fraction of sp³-hybridized carbons (Fsp3) is 0.571. The zero-order chi connectivity index (χ0) is 16.0. The second-order valence-corrected chi connectivity index (χ2v) is 5.02. The quantitative estimate of drug-likeness (QED) is 0.903. The fourth-order valence-electron chi connectivity index (χ4n) is 2.12. The van der Waals surface area contributed by atoms with Crippen LogP contribution in [0, 0.1) is 5.92 Å². The Morgan fingerprint density at radius 3 is 3.00 bits per heavy atom. The Hall–Kier alpha value is -1.83. The molecule has 22 heavy (non-hydrogen) atoms. The standard InChI is InChI=1S/C14H17F3N2O3/c15-14(16,17)9-22-12-7-18-4-3-10(12)6-19-13(20)11-2-1-5-21-8-11/h3-4,7,11H,1-2,5-6,8-9H2,(H,19,20). The van der Waals surface area contributed by atoms with Gasteiger partial charge in [0.15, 0.2) is 6.61 Å². The summed E-state index contributed by atoms with van der Waals surface area (Å²) in [4.78, 5) is 15.7. The monoisotopic (exact) mass is 318 g/mol. The predicted octanol–water partition coefficient (Wildman–Crippen LogP) is 2.07. The summed E-state index contributed by atoms with van der Waals surface area (Å²) in [6, 6.07) is 1.52. The van der Waals surface area contributed by atoms with Gasteiger partial charge in [-0.2, -0.15) is 13.2 Å². The average Bonchev–Trinajstić information content (AvgIpc) is 2.51. The van der Waals surface area contributed by atoms with Crippen molar-refractivity contribution in [2.24, 2.45) is 5.92 Å². The molecule has 1 aliphatic heterocycles. The van der Waals surface area contributed by atoms with Crippen molar-refractivity contribution in [1.29, 1.82) is 0 Å². The number of hydrogen-bond acceptors (Lipinski definition) is 4. The van der Waals surface area contributed by atoms with Crippen LogP contribution >= 0.6 is 0 Å². The van der Waals surface area contributed by atoms with Crippen LogP contribution < -0.4 is 10.1 Å². The highest BCUT2D eigenvalue weighted by atomic mass is 19.4. The molecule has 0 spiro atoms. The molecular weight excluding hydrogens is 301 g/mol. The molecule has 1 atom stereocenters. The third-order valence-electron chi connectivity index (χ3n) is 3.25. The number of ether oxygens (including phenoxy) is 2. The number of alkyl halides is 3. The van der Waals surface area contributed by atoms with E-state index in [1.54, 1.807) is 0 Å². The van der Waals surface area contributed by atoms with Gasteiger partial charge in [0.05, 0.1) is 18.7 Å². The van der Waals surface area contributed by atoms with E-state index >= 15 is 0 Å². The number of rotatable bonds is 5. The van der Waals surface area contributed by atoms with E-state index in [9.17, 15) is 18.0 Å². The molecule has 1 fully saturated rings. The first-order chi connectivity index (χ1) is 10.5. The number of carbonyl (C=O) groups excluding carboxylic acids is 1. The smallest absolute Gasteiger partial charge is 0.422 e. The van der Waals surface area contributed by atoms with E-state index in [2.05, 4.69) is 10.3 Å². The van der Waals surface area contributed by atoms with Gasteiger partial charge in [-0.05, 0) is 18.9 Å². The molecular formula is C14H17F3N2O3. The normalized spacial score (nSPS) is 18.8. The molecule has 2 heterocycles. The highest BCUT2D eigenvalue weighted by molar-refractivity contribution is 5.78. The number of nitrogens with zero attached hydrogens (tertiary/aromatic N) is 1. The first-order valence-electron chi connectivity index (χ1n) is 6.93. The zero-order valence-corrected chi connectivity index (χ0v) is 11.9. The van der Waals surface area contributed by atoms with E-state index in [1.165, 1.54) is 18.5 Å². The number of amides is 1. The Morgan fingerprint density at radius 2 is 2.32 bits per heavy atom. The van der Waals surface area contributed by atoms with E-state index < -0.39 is 12.8 Å². The van der Waals surface area contributed by atoms with Gasteiger partial charge in [0.1, 0.15) is 5.75 Å². The lowest BCUT2D eigenvalue weighted by atomic mass is 10.0. The van der Waals surface area contributed by atoms with Gasteiger partial charge in [0.2, 0.25) is 5.91 Å². The third kappa shape index (κ3) is 5.18. The van der Waals surface area contributed by atoms with Crippen LogP contribution in [0.15, 0.2) is 18.5 Å². The molecule has 1 saturated heterocycles. The topological polar surface area (TPSA) is 60.5 Å². The SMILES string of the molecule is O=C(NCc1ccncc1OCC(F)(F)F)C1CCCOC1. The van der Waals surface area contributed by atoms with Gasteiger partial charge in [-0.3, -0.25) is 9.78 Å². The Balaban J connectivity index is 1.90. The molecule has 1 unspecified atom stereocenters. The summed E-state index contributed by atoms with van der Waals surface area (Å²) in [6.45, 7) is -0.273. The molecule has 1 aromatic heterocycles. The zero-order valence-electron chi connectivity index (χ0n) is 11.9. The van der Waals surface area contributed by atoms with E-state index in [0.717, 1.165) is 12.8 Å². The van der Waals surface area contributed by atoms with E-state index in [0.29, 0.717) is 18.8 Å². The molecule has 0 aliphatic carbocycles. The Morgan fingerprint density at radius 1 is 1.50 bits per heavy atom. The summed E-state index contributed by atoms with van der Waals surface area (Å²) in [5.74, 6) is -0.367. The van der Waals surface area contributed by atoms with Crippen molar-refractivity contribution in [2.45, 2.75) is 25.6 Å². The van der Waals surface area contributed by atoms with Crippen molar-refractivity contribution < 1.29 is 27.4 Å². The molecule has 1 aromatic rings. The van der Waals surface area contributed by atoms with E-state index in [1.807, 2.05) is 0 Å². The molecule has 2 rings (SSSR count). The Labute approximate surface area is 125 Å². The minimum atomic E-state index is -4.42. The van der Waals surface area contributed by atoms with Crippen molar-refractivity contribution in [1.82, 2.24) is 10.3 Å².